The first-order chi connectivity index (χ1) is 12.5. The van der Waals surface area contributed by atoms with Gasteiger partial charge < -0.3 is 9.84 Å². The smallest absolute Gasteiger partial charge is 0.305 e. The van der Waals surface area contributed by atoms with Crippen LogP contribution in [0.3, 0.4) is 0 Å². The molecule has 0 heterocycles. The van der Waals surface area contributed by atoms with Gasteiger partial charge in [-0.15, -0.1) is 11.6 Å². The quantitative estimate of drug-likeness (QED) is 0.174. The fraction of sp³-hybridized carbons (Fsp3) is 0.714. The summed E-state index contributed by atoms with van der Waals surface area (Å²) < 4.78 is 4.61. The zero-order valence-corrected chi connectivity index (χ0v) is 16.8. The largest absolute Gasteiger partial charge is 0.469 e. The number of ether oxygens (including phenoxy) is 1. The molecular formula is C21H33ClO4. The summed E-state index contributed by atoms with van der Waals surface area (Å²) in [6.07, 6.45) is 14.6. The van der Waals surface area contributed by atoms with E-state index >= 15 is 0 Å². The van der Waals surface area contributed by atoms with Crippen molar-refractivity contribution in [3.8, 4) is 0 Å². The summed E-state index contributed by atoms with van der Waals surface area (Å²) in [5.74, 6) is -0.646. The van der Waals surface area contributed by atoms with Crippen molar-refractivity contribution >= 4 is 23.4 Å². The molecule has 0 bridgehead atoms. The number of Topliss-reactive ketones (excluding diaryl/α,β-unsaturated/α-hetero) is 1. The summed E-state index contributed by atoms with van der Waals surface area (Å²) in [5, 5.41) is 9.42. The molecule has 1 rings (SSSR count). The molecule has 3 atom stereocenters. The van der Waals surface area contributed by atoms with Crippen molar-refractivity contribution in [1.82, 2.24) is 0 Å². The number of ketones is 1. The van der Waals surface area contributed by atoms with Gasteiger partial charge in [-0.1, -0.05) is 50.8 Å². The van der Waals surface area contributed by atoms with E-state index in [2.05, 4.69) is 17.7 Å². The Morgan fingerprint density at radius 1 is 1.15 bits per heavy atom. The molecule has 1 N–H and O–H groups in total. The highest BCUT2D eigenvalue weighted by Crippen LogP contribution is 2.34. The van der Waals surface area contributed by atoms with Crippen molar-refractivity contribution in [2.75, 3.05) is 7.11 Å². The Morgan fingerprint density at radius 2 is 1.85 bits per heavy atom. The van der Waals surface area contributed by atoms with Crippen LogP contribution in [0.1, 0.15) is 71.1 Å². The van der Waals surface area contributed by atoms with Gasteiger partial charge in [0.15, 0.2) is 5.78 Å². The predicted octanol–water partition coefficient (Wildman–Crippen LogP) is 4.73. The van der Waals surface area contributed by atoms with Crippen molar-refractivity contribution in [3.63, 3.8) is 0 Å². The second kappa shape index (κ2) is 13.1. The van der Waals surface area contributed by atoms with Crippen LogP contribution in [0.25, 0.3) is 0 Å². The van der Waals surface area contributed by atoms with Gasteiger partial charge in [-0.2, -0.15) is 0 Å². The number of unbranched alkanes of at least 4 members (excludes halogenated alkanes) is 7. The Hall–Kier alpha value is -1.13. The molecule has 148 valence electrons. The number of aliphatic hydroxyl groups excluding tert-OH is 1. The van der Waals surface area contributed by atoms with E-state index in [0.29, 0.717) is 12.0 Å². The highest BCUT2D eigenvalue weighted by Gasteiger charge is 2.42. The second-order valence-corrected chi connectivity index (χ2v) is 7.37. The number of halogens is 1. The topological polar surface area (TPSA) is 63.6 Å². The lowest BCUT2D eigenvalue weighted by Crippen LogP contribution is -2.22. The molecule has 3 unspecified atom stereocenters. The number of alkyl halides is 1. The van der Waals surface area contributed by atoms with Gasteiger partial charge in [0, 0.05) is 17.9 Å². The molecule has 1 fully saturated rings. The maximum atomic E-state index is 12.3. The van der Waals surface area contributed by atoms with Crippen molar-refractivity contribution < 1.29 is 19.4 Å². The molecule has 0 aromatic heterocycles. The Bertz CT molecular complexity index is 498. The summed E-state index contributed by atoms with van der Waals surface area (Å²) in [7, 11) is 1.39. The highest BCUT2D eigenvalue weighted by molar-refractivity contribution is 6.35. The SMILES string of the molecule is CCCCCCC=CC1C(=CCCCCCC(=O)OC)C(=O)C(Cl)C1O. The van der Waals surface area contributed by atoms with Crippen LogP contribution in [0.15, 0.2) is 23.8 Å². The fourth-order valence-electron chi connectivity index (χ4n) is 3.18. The van der Waals surface area contributed by atoms with Crippen molar-refractivity contribution in [2.24, 2.45) is 5.92 Å². The Kier molecular flexibility index (Phi) is 11.5. The van der Waals surface area contributed by atoms with E-state index in [4.69, 9.17) is 11.6 Å². The Morgan fingerprint density at radius 3 is 2.54 bits per heavy atom. The first-order valence-electron chi connectivity index (χ1n) is 9.82. The zero-order valence-electron chi connectivity index (χ0n) is 16.1. The minimum absolute atomic E-state index is 0.158. The highest BCUT2D eigenvalue weighted by atomic mass is 35.5. The maximum Gasteiger partial charge on any atom is 0.305 e. The molecule has 1 saturated carbocycles. The van der Waals surface area contributed by atoms with Crippen molar-refractivity contribution in [1.29, 1.82) is 0 Å². The van der Waals surface area contributed by atoms with Crippen LogP contribution in [0.2, 0.25) is 0 Å². The van der Waals surface area contributed by atoms with E-state index in [0.717, 1.165) is 38.5 Å². The van der Waals surface area contributed by atoms with Gasteiger partial charge >= 0.3 is 5.97 Å². The standard InChI is InChI=1S/C21H33ClO4/c1-3-4-5-6-7-10-13-16-17(21(25)19(22)20(16)24)14-11-8-9-12-15-18(23)26-2/h10,13-14,16,19-20,24H,3-9,11-12,15H2,1-2H3. The summed E-state index contributed by atoms with van der Waals surface area (Å²) in [6.45, 7) is 2.18. The summed E-state index contributed by atoms with van der Waals surface area (Å²) in [5.41, 5.74) is 0.635. The van der Waals surface area contributed by atoms with Crippen LogP contribution in [0, 0.1) is 5.92 Å². The van der Waals surface area contributed by atoms with Crippen LogP contribution in [0.4, 0.5) is 0 Å². The zero-order chi connectivity index (χ0) is 19.4. The molecule has 1 aliphatic carbocycles. The molecule has 0 aromatic rings. The number of esters is 1. The van der Waals surface area contributed by atoms with E-state index in [9.17, 15) is 14.7 Å². The first kappa shape index (κ1) is 22.9. The van der Waals surface area contributed by atoms with Crippen LogP contribution in [-0.2, 0) is 14.3 Å². The first-order valence-corrected chi connectivity index (χ1v) is 10.3. The summed E-state index contributed by atoms with van der Waals surface area (Å²) >= 11 is 6.07. The molecule has 0 aliphatic heterocycles. The number of rotatable bonds is 12. The van der Waals surface area contributed by atoms with Crippen molar-refractivity contribution in [2.45, 2.75) is 82.6 Å². The van der Waals surface area contributed by atoms with Gasteiger partial charge in [0.05, 0.1) is 13.2 Å². The second-order valence-electron chi connectivity index (χ2n) is 6.89. The van der Waals surface area contributed by atoms with Gasteiger partial charge in [0.1, 0.15) is 5.38 Å². The lowest BCUT2D eigenvalue weighted by atomic mass is 9.97. The number of methoxy groups -OCH3 is 1. The van der Waals surface area contributed by atoms with E-state index in [1.807, 2.05) is 12.2 Å². The van der Waals surface area contributed by atoms with Gasteiger partial charge in [-0.25, -0.2) is 0 Å². The van der Waals surface area contributed by atoms with Gasteiger partial charge in [-0.3, -0.25) is 9.59 Å². The van der Waals surface area contributed by atoms with Crippen LogP contribution < -0.4 is 0 Å². The number of hydrogen-bond donors (Lipinski definition) is 1. The number of carbonyl (C=O) groups is 2. The van der Waals surface area contributed by atoms with Gasteiger partial charge in [0.25, 0.3) is 0 Å². The van der Waals surface area contributed by atoms with E-state index in [1.165, 1.54) is 26.4 Å². The molecule has 1 aliphatic rings. The van der Waals surface area contributed by atoms with E-state index < -0.39 is 11.5 Å². The molecule has 5 heteroatoms. The van der Waals surface area contributed by atoms with E-state index in [1.54, 1.807) is 0 Å². The average molecular weight is 385 g/mol. The minimum Gasteiger partial charge on any atom is -0.469 e. The molecule has 0 spiro atoms. The molecular weight excluding hydrogens is 352 g/mol. The minimum atomic E-state index is -0.852. The monoisotopic (exact) mass is 384 g/mol. The fourth-order valence-corrected chi connectivity index (χ4v) is 3.46. The van der Waals surface area contributed by atoms with Crippen LogP contribution in [-0.4, -0.2) is 35.4 Å². The van der Waals surface area contributed by atoms with Crippen LogP contribution >= 0.6 is 11.6 Å². The summed E-state index contributed by atoms with van der Waals surface area (Å²) in [6, 6.07) is 0. The van der Waals surface area contributed by atoms with E-state index in [-0.39, 0.29) is 17.7 Å². The molecule has 0 amide bonds. The third-order valence-corrected chi connectivity index (χ3v) is 5.26. The normalized spacial score (nSPS) is 24.7. The third kappa shape index (κ3) is 7.63. The molecule has 0 saturated heterocycles. The van der Waals surface area contributed by atoms with Gasteiger partial charge in [-0.05, 0) is 32.1 Å². The lowest BCUT2D eigenvalue weighted by molar-refractivity contribution is -0.140. The van der Waals surface area contributed by atoms with Crippen molar-refractivity contribution in [3.05, 3.63) is 23.8 Å². The molecule has 0 aromatic carbocycles. The van der Waals surface area contributed by atoms with Crippen LogP contribution in [0.5, 0.6) is 0 Å². The predicted molar refractivity (Wildman–Crippen MR) is 105 cm³/mol. The lowest BCUT2D eigenvalue weighted by Gasteiger charge is -2.11. The maximum absolute atomic E-state index is 12.3. The number of carbonyl (C=O) groups excluding carboxylic acids is 2. The summed E-state index contributed by atoms with van der Waals surface area (Å²) in [4.78, 5) is 23.4. The molecule has 26 heavy (non-hydrogen) atoms. The molecule has 0 radical (unpaired) electrons. The van der Waals surface area contributed by atoms with Gasteiger partial charge in [0.2, 0.25) is 0 Å². The number of aliphatic hydroxyl groups is 1. The molecule has 4 nitrogen and oxygen atoms in total. The average Bonchev–Trinajstić information content (AvgIpc) is 2.84. The third-order valence-electron chi connectivity index (χ3n) is 4.81. The Labute approximate surface area is 162 Å². The Balaban J connectivity index is 2.49. The number of allylic oxidation sites excluding steroid dienone is 2. The number of hydrogen-bond acceptors (Lipinski definition) is 4.